The number of carbonyl (C=O) groups is 1. The molecule has 130 valence electrons. The molecule has 1 unspecified atom stereocenters. The Kier molecular flexibility index (Phi) is 4.59. The number of fused-ring (bicyclic) bond motifs is 1. The molecule has 25 heavy (non-hydrogen) atoms. The highest BCUT2D eigenvalue weighted by Crippen LogP contribution is 2.23. The van der Waals surface area contributed by atoms with Crippen molar-refractivity contribution in [1.29, 1.82) is 0 Å². The maximum Gasteiger partial charge on any atom is 0.273 e. The standard InChI is InChI=1S/C20H22N2O3/c1-20(2,3)18-11-16(22-25-18)19(24)21-12-17(23)15-9-8-13-6-4-5-7-14(13)10-15/h4-11,17,23H,12H2,1-3H3,(H,21,24). The molecule has 0 saturated heterocycles. The highest BCUT2D eigenvalue weighted by atomic mass is 16.5. The van der Waals surface area contributed by atoms with E-state index >= 15 is 0 Å². The number of benzene rings is 2. The Morgan fingerprint density at radius 2 is 1.88 bits per heavy atom. The molecule has 0 saturated carbocycles. The number of hydrogen-bond donors (Lipinski definition) is 2. The SMILES string of the molecule is CC(C)(C)c1cc(C(=O)NCC(O)c2ccc3ccccc3c2)no1. The van der Waals surface area contributed by atoms with E-state index in [0.29, 0.717) is 5.76 Å². The van der Waals surface area contributed by atoms with Crippen LogP contribution in [0.3, 0.4) is 0 Å². The number of aliphatic hydroxyl groups is 1. The van der Waals surface area contributed by atoms with Crippen LogP contribution in [0, 0.1) is 0 Å². The van der Waals surface area contributed by atoms with Crippen LogP contribution in [0.25, 0.3) is 10.8 Å². The lowest BCUT2D eigenvalue weighted by molar-refractivity contribution is 0.0907. The monoisotopic (exact) mass is 338 g/mol. The van der Waals surface area contributed by atoms with Crippen molar-refractivity contribution in [3.05, 3.63) is 65.5 Å². The minimum absolute atomic E-state index is 0.106. The lowest BCUT2D eigenvalue weighted by Crippen LogP contribution is -2.28. The van der Waals surface area contributed by atoms with Crippen LogP contribution < -0.4 is 5.32 Å². The van der Waals surface area contributed by atoms with Gasteiger partial charge in [0, 0.05) is 18.0 Å². The van der Waals surface area contributed by atoms with Crippen molar-refractivity contribution in [3.8, 4) is 0 Å². The van der Waals surface area contributed by atoms with Crippen LogP contribution in [-0.4, -0.2) is 22.7 Å². The summed E-state index contributed by atoms with van der Waals surface area (Å²) < 4.78 is 5.22. The molecular formula is C20H22N2O3. The fraction of sp³-hybridized carbons (Fsp3) is 0.300. The van der Waals surface area contributed by atoms with Gasteiger partial charge in [0.1, 0.15) is 5.76 Å². The highest BCUT2D eigenvalue weighted by molar-refractivity contribution is 5.92. The molecule has 1 amide bonds. The second-order valence-corrected chi connectivity index (χ2v) is 7.16. The van der Waals surface area contributed by atoms with Gasteiger partial charge in [-0.3, -0.25) is 4.79 Å². The van der Waals surface area contributed by atoms with Gasteiger partial charge in [0.25, 0.3) is 5.91 Å². The lowest BCUT2D eigenvalue weighted by Gasteiger charge is -2.13. The van der Waals surface area contributed by atoms with Crippen molar-refractivity contribution in [1.82, 2.24) is 10.5 Å². The van der Waals surface area contributed by atoms with E-state index in [1.165, 1.54) is 0 Å². The first kappa shape index (κ1) is 17.2. The molecule has 0 aliphatic rings. The number of nitrogens with one attached hydrogen (secondary N) is 1. The van der Waals surface area contributed by atoms with Gasteiger partial charge in [-0.1, -0.05) is 62.3 Å². The smallest absolute Gasteiger partial charge is 0.273 e. The summed E-state index contributed by atoms with van der Waals surface area (Å²) in [6.45, 7) is 6.06. The van der Waals surface area contributed by atoms with Gasteiger partial charge in [0.2, 0.25) is 0 Å². The topological polar surface area (TPSA) is 75.4 Å². The summed E-state index contributed by atoms with van der Waals surface area (Å²) in [7, 11) is 0. The molecule has 3 rings (SSSR count). The average molecular weight is 338 g/mol. The summed E-state index contributed by atoms with van der Waals surface area (Å²) >= 11 is 0. The van der Waals surface area contributed by atoms with Crippen LogP contribution in [0.2, 0.25) is 0 Å². The predicted octanol–water partition coefficient (Wildman–Crippen LogP) is 3.59. The van der Waals surface area contributed by atoms with E-state index in [1.807, 2.05) is 63.2 Å². The Balaban J connectivity index is 1.65. The molecule has 1 heterocycles. The molecule has 0 radical (unpaired) electrons. The molecular weight excluding hydrogens is 316 g/mol. The van der Waals surface area contributed by atoms with Crippen LogP contribution in [0.1, 0.15) is 48.7 Å². The normalized spacial score (nSPS) is 13.0. The Morgan fingerprint density at radius 1 is 1.16 bits per heavy atom. The number of rotatable bonds is 4. The zero-order valence-corrected chi connectivity index (χ0v) is 14.6. The average Bonchev–Trinajstić information content (AvgIpc) is 3.09. The van der Waals surface area contributed by atoms with Gasteiger partial charge in [-0.05, 0) is 22.4 Å². The highest BCUT2D eigenvalue weighted by Gasteiger charge is 2.22. The van der Waals surface area contributed by atoms with E-state index in [2.05, 4.69) is 10.5 Å². The summed E-state index contributed by atoms with van der Waals surface area (Å²) in [6.07, 6.45) is -0.789. The first-order chi connectivity index (χ1) is 11.8. The first-order valence-electron chi connectivity index (χ1n) is 8.27. The summed E-state index contributed by atoms with van der Waals surface area (Å²) in [6, 6.07) is 15.3. The molecule has 2 N–H and O–H groups in total. The number of aliphatic hydroxyl groups excluding tert-OH is 1. The van der Waals surface area contributed by atoms with Crippen molar-refractivity contribution < 1.29 is 14.4 Å². The molecule has 1 aromatic heterocycles. The Bertz CT molecular complexity index is 893. The fourth-order valence-corrected chi connectivity index (χ4v) is 2.55. The molecule has 0 spiro atoms. The van der Waals surface area contributed by atoms with Crippen molar-refractivity contribution in [2.45, 2.75) is 32.3 Å². The second kappa shape index (κ2) is 6.69. The lowest BCUT2D eigenvalue weighted by atomic mass is 9.93. The number of aromatic nitrogens is 1. The fourth-order valence-electron chi connectivity index (χ4n) is 2.55. The first-order valence-corrected chi connectivity index (χ1v) is 8.27. The Labute approximate surface area is 146 Å². The van der Waals surface area contributed by atoms with Crippen molar-refractivity contribution >= 4 is 16.7 Å². The summed E-state index contributed by atoms with van der Waals surface area (Å²) in [4.78, 5) is 12.2. The Hall–Kier alpha value is -2.66. The number of carbonyl (C=O) groups excluding carboxylic acids is 1. The van der Waals surface area contributed by atoms with Crippen molar-refractivity contribution in [2.24, 2.45) is 0 Å². The van der Waals surface area contributed by atoms with Crippen LogP contribution in [0.15, 0.2) is 53.1 Å². The van der Waals surface area contributed by atoms with Crippen molar-refractivity contribution in [2.75, 3.05) is 6.54 Å². The molecule has 0 bridgehead atoms. The second-order valence-electron chi connectivity index (χ2n) is 7.16. The molecule has 3 aromatic rings. The molecule has 2 aromatic carbocycles. The van der Waals surface area contributed by atoms with Crippen molar-refractivity contribution in [3.63, 3.8) is 0 Å². The predicted molar refractivity (Wildman–Crippen MR) is 96.4 cm³/mol. The van der Waals surface area contributed by atoms with Gasteiger partial charge in [-0.2, -0.15) is 0 Å². The maximum absolute atomic E-state index is 12.2. The number of hydrogen-bond acceptors (Lipinski definition) is 4. The minimum atomic E-state index is -0.789. The van der Waals surface area contributed by atoms with Crippen LogP contribution in [-0.2, 0) is 5.41 Å². The van der Waals surface area contributed by atoms with Crippen LogP contribution in [0.4, 0.5) is 0 Å². The zero-order valence-electron chi connectivity index (χ0n) is 14.6. The maximum atomic E-state index is 12.2. The van der Waals surface area contributed by atoms with E-state index in [4.69, 9.17) is 4.52 Å². The van der Waals surface area contributed by atoms with E-state index in [9.17, 15) is 9.90 Å². The van der Waals surface area contributed by atoms with Crippen LogP contribution in [0.5, 0.6) is 0 Å². The number of amides is 1. The van der Waals surface area contributed by atoms with E-state index in [1.54, 1.807) is 6.07 Å². The van der Waals surface area contributed by atoms with Gasteiger partial charge in [0.05, 0.1) is 6.10 Å². The minimum Gasteiger partial charge on any atom is -0.387 e. The molecule has 0 fully saturated rings. The van der Waals surface area contributed by atoms with Crippen LogP contribution >= 0.6 is 0 Å². The van der Waals surface area contributed by atoms with E-state index in [0.717, 1.165) is 16.3 Å². The Morgan fingerprint density at radius 3 is 2.56 bits per heavy atom. The summed E-state index contributed by atoms with van der Waals surface area (Å²) in [5.74, 6) is 0.284. The van der Waals surface area contributed by atoms with E-state index in [-0.39, 0.29) is 23.6 Å². The van der Waals surface area contributed by atoms with Gasteiger partial charge >= 0.3 is 0 Å². The summed E-state index contributed by atoms with van der Waals surface area (Å²) in [5, 5.41) is 19.0. The van der Waals surface area contributed by atoms with Gasteiger partial charge in [0.15, 0.2) is 5.69 Å². The van der Waals surface area contributed by atoms with Gasteiger partial charge in [-0.25, -0.2) is 0 Å². The molecule has 1 atom stereocenters. The third kappa shape index (κ3) is 3.88. The van der Waals surface area contributed by atoms with Gasteiger partial charge in [-0.15, -0.1) is 0 Å². The van der Waals surface area contributed by atoms with E-state index < -0.39 is 6.10 Å². The molecule has 0 aliphatic heterocycles. The summed E-state index contributed by atoms with van der Waals surface area (Å²) in [5.41, 5.74) is 0.765. The largest absolute Gasteiger partial charge is 0.387 e. The number of nitrogens with zero attached hydrogens (tertiary/aromatic N) is 1. The zero-order chi connectivity index (χ0) is 18.0. The quantitative estimate of drug-likeness (QED) is 0.762. The third-order valence-corrected chi connectivity index (χ3v) is 4.10. The third-order valence-electron chi connectivity index (χ3n) is 4.10. The molecule has 0 aliphatic carbocycles. The van der Waals surface area contributed by atoms with Gasteiger partial charge < -0.3 is 14.9 Å². The molecule has 5 nitrogen and oxygen atoms in total. The molecule has 5 heteroatoms.